The predicted molar refractivity (Wildman–Crippen MR) is 126 cm³/mol. The van der Waals surface area contributed by atoms with Crippen LogP contribution in [0.25, 0.3) is 0 Å². The van der Waals surface area contributed by atoms with Gasteiger partial charge < -0.3 is 15.0 Å². The summed E-state index contributed by atoms with van der Waals surface area (Å²) in [6.07, 6.45) is 2.99. The average Bonchev–Trinajstić information content (AvgIpc) is 3.34. The first-order valence-corrected chi connectivity index (χ1v) is 12.9. The number of amides is 1. The molecule has 0 atom stereocenters. The van der Waals surface area contributed by atoms with Crippen LogP contribution in [0.2, 0.25) is 0 Å². The molecule has 7 nitrogen and oxygen atoms in total. The number of halogens is 1. The Labute approximate surface area is 194 Å². The minimum Gasteiger partial charge on any atom is -0.494 e. The number of carbonyl (C=O) groups excluding carboxylic acids is 1. The van der Waals surface area contributed by atoms with Crippen molar-refractivity contribution in [3.8, 4) is 5.75 Å². The summed E-state index contributed by atoms with van der Waals surface area (Å²) >= 11 is 0. The van der Waals surface area contributed by atoms with Crippen molar-refractivity contribution in [3.63, 3.8) is 0 Å². The second-order valence-corrected chi connectivity index (χ2v) is 10.4. The molecule has 0 aromatic heterocycles. The topological polar surface area (TPSA) is 79.0 Å². The van der Waals surface area contributed by atoms with E-state index in [4.69, 9.17) is 4.74 Å². The molecule has 2 aromatic rings. The first-order valence-electron chi connectivity index (χ1n) is 11.5. The van der Waals surface area contributed by atoms with Crippen molar-refractivity contribution in [2.45, 2.75) is 37.5 Å². The van der Waals surface area contributed by atoms with Crippen LogP contribution < -0.4 is 15.0 Å². The van der Waals surface area contributed by atoms with Crippen molar-refractivity contribution < 1.29 is 22.3 Å². The summed E-state index contributed by atoms with van der Waals surface area (Å²) in [5.74, 6) is -0.288. The van der Waals surface area contributed by atoms with Gasteiger partial charge in [-0.05, 0) is 75.1 Å². The van der Waals surface area contributed by atoms with Gasteiger partial charge in [-0.2, -0.15) is 4.31 Å². The number of hydrogen-bond acceptors (Lipinski definition) is 5. The lowest BCUT2D eigenvalue weighted by atomic mass is 9.97. The molecule has 0 saturated carbocycles. The fourth-order valence-electron chi connectivity index (χ4n) is 4.43. The van der Waals surface area contributed by atoms with Crippen molar-refractivity contribution in [2.24, 2.45) is 5.92 Å². The second-order valence-electron chi connectivity index (χ2n) is 8.46. The normalized spacial score (nSPS) is 17.8. The van der Waals surface area contributed by atoms with Gasteiger partial charge in [0.2, 0.25) is 15.9 Å². The van der Waals surface area contributed by atoms with Gasteiger partial charge in [0, 0.05) is 43.5 Å². The monoisotopic (exact) mass is 475 g/mol. The number of hydrogen-bond donors (Lipinski definition) is 1. The quantitative estimate of drug-likeness (QED) is 0.658. The van der Waals surface area contributed by atoms with E-state index in [-0.39, 0.29) is 35.6 Å². The average molecular weight is 476 g/mol. The van der Waals surface area contributed by atoms with Gasteiger partial charge in [0.05, 0.1) is 11.5 Å². The fourth-order valence-corrected chi connectivity index (χ4v) is 5.90. The third-order valence-corrected chi connectivity index (χ3v) is 8.13. The molecular formula is C24H30FN3O4S. The van der Waals surface area contributed by atoms with Gasteiger partial charge in [-0.1, -0.05) is 0 Å². The molecule has 1 N–H and O–H groups in total. The van der Waals surface area contributed by atoms with E-state index < -0.39 is 10.0 Å². The molecule has 2 heterocycles. The largest absolute Gasteiger partial charge is 0.494 e. The summed E-state index contributed by atoms with van der Waals surface area (Å²) < 4.78 is 46.8. The zero-order valence-electron chi connectivity index (χ0n) is 18.8. The number of anilines is 2. The molecule has 2 aliphatic heterocycles. The molecule has 0 spiro atoms. The first kappa shape index (κ1) is 23.5. The Morgan fingerprint density at radius 1 is 1.06 bits per heavy atom. The van der Waals surface area contributed by atoms with Gasteiger partial charge >= 0.3 is 0 Å². The van der Waals surface area contributed by atoms with Gasteiger partial charge in [0.1, 0.15) is 11.6 Å². The van der Waals surface area contributed by atoms with Crippen LogP contribution in [0, 0.1) is 11.7 Å². The van der Waals surface area contributed by atoms with Crippen LogP contribution in [0.4, 0.5) is 15.8 Å². The summed E-state index contributed by atoms with van der Waals surface area (Å²) in [6.45, 7) is 4.67. The standard InChI is InChI=1S/C24H30FN3O4S/c1-2-32-22-5-7-23(8-6-22)33(30,31)28-13-9-18(10-14-28)24(29)26-20-15-19(25)16-21(17-20)27-11-3-4-12-27/h5-8,15-18H,2-4,9-14H2,1H3,(H,26,29). The van der Waals surface area contributed by atoms with Gasteiger partial charge in [0.15, 0.2) is 0 Å². The lowest BCUT2D eigenvalue weighted by molar-refractivity contribution is -0.120. The maximum atomic E-state index is 14.1. The zero-order chi connectivity index (χ0) is 23.4. The van der Waals surface area contributed by atoms with Crippen molar-refractivity contribution in [3.05, 3.63) is 48.3 Å². The highest BCUT2D eigenvalue weighted by Gasteiger charge is 2.32. The van der Waals surface area contributed by atoms with Gasteiger partial charge in [0.25, 0.3) is 0 Å². The number of carbonyl (C=O) groups is 1. The number of nitrogens with zero attached hydrogens (tertiary/aromatic N) is 2. The third-order valence-electron chi connectivity index (χ3n) is 6.22. The molecule has 2 saturated heterocycles. The predicted octanol–water partition coefficient (Wildman–Crippen LogP) is 3.86. The van der Waals surface area contributed by atoms with Crippen LogP contribution in [0.15, 0.2) is 47.4 Å². The molecule has 33 heavy (non-hydrogen) atoms. The van der Waals surface area contributed by atoms with Crippen LogP contribution in [0.1, 0.15) is 32.6 Å². The van der Waals surface area contributed by atoms with Crippen molar-refractivity contribution in [1.29, 1.82) is 0 Å². The summed E-state index contributed by atoms with van der Waals surface area (Å²) in [7, 11) is -3.63. The van der Waals surface area contributed by atoms with E-state index in [9.17, 15) is 17.6 Å². The molecule has 2 aliphatic rings. The fraction of sp³-hybridized carbons (Fsp3) is 0.458. The number of rotatable bonds is 7. The molecule has 1 amide bonds. The van der Waals surface area contributed by atoms with E-state index in [1.54, 1.807) is 30.3 Å². The molecular weight excluding hydrogens is 445 g/mol. The van der Waals surface area contributed by atoms with Crippen LogP contribution >= 0.6 is 0 Å². The van der Waals surface area contributed by atoms with Crippen molar-refractivity contribution in [2.75, 3.05) is 43.0 Å². The molecule has 0 aliphatic carbocycles. The lowest BCUT2D eigenvalue weighted by Crippen LogP contribution is -2.41. The molecule has 0 radical (unpaired) electrons. The SMILES string of the molecule is CCOc1ccc(S(=O)(=O)N2CCC(C(=O)Nc3cc(F)cc(N4CCCC4)c3)CC2)cc1. The Morgan fingerprint density at radius 3 is 2.36 bits per heavy atom. The van der Waals surface area contributed by atoms with Crippen LogP contribution in [0.3, 0.4) is 0 Å². The number of nitrogens with one attached hydrogen (secondary N) is 1. The Bertz CT molecular complexity index is 1080. The highest BCUT2D eigenvalue weighted by Crippen LogP contribution is 2.28. The molecule has 4 rings (SSSR count). The summed E-state index contributed by atoms with van der Waals surface area (Å²) in [6, 6.07) is 11.0. The molecule has 9 heteroatoms. The van der Waals surface area contributed by atoms with Crippen LogP contribution in [-0.2, 0) is 14.8 Å². The molecule has 178 valence electrons. The highest BCUT2D eigenvalue weighted by molar-refractivity contribution is 7.89. The summed E-state index contributed by atoms with van der Waals surface area (Å²) in [4.78, 5) is 15.1. The van der Waals surface area contributed by atoms with Crippen LogP contribution in [0.5, 0.6) is 5.75 Å². The van der Waals surface area contributed by atoms with Gasteiger partial charge in [-0.3, -0.25) is 4.79 Å². The highest BCUT2D eigenvalue weighted by atomic mass is 32.2. The number of benzene rings is 2. The van der Waals surface area contributed by atoms with Crippen molar-refractivity contribution >= 4 is 27.3 Å². The minimum absolute atomic E-state index is 0.203. The van der Waals surface area contributed by atoms with Gasteiger partial charge in [-0.15, -0.1) is 0 Å². The minimum atomic E-state index is -3.63. The first-order chi connectivity index (χ1) is 15.9. The summed E-state index contributed by atoms with van der Waals surface area (Å²) in [5, 5.41) is 2.83. The lowest BCUT2D eigenvalue weighted by Gasteiger charge is -2.30. The maximum absolute atomic E-state index is 14.1. The van der Waals surface area contributed by atoms with Crippen LogP contribution in [-0.4, -0.2) is 51.4 Å². The van der Waals surface area contributed by atoms with E-state index in [1.165, 1.54) is 16.4 Å². The molecule has 0 unspecified atom stereocenters. The molecule has 2 aromatic carbocycles. The Morgan fingerprint density at radius 2 is 1.73 bits per heavy atom. The van der Waals surface area contributed by atoms with E-state index in [1.807, 2.05) is 6.92 Å². The van der Waals surface area contributed by atoms with Crippen molar-refractivity contribution in [1.82, 2.24) is 4.31 Å². The van der Waals surface area contributed by atoms with E-state index >= 15 is 0 Å². The smallest absolute Gasteiger partial charge is 0.243 e. The molecule has 2 fully saturated rings. The van der Waals surface area contributed by atoms with E-state index in [0.29, 0.717) is 30.9 Å². The Kier molecular flexibility index (Phi) is 7.19. The number of ether oxygens (including phenoxy) is 1. The third kappa shape index (κ3) is 5.47. The zero-order valence-corrected chi connectivity index (χ0v) is 19.6. The second kappa shape index (κ2) is 10.1. The van der Waals surface area contributed by atoms with E-state index in [2.05, 4.69) is 10.2 Å². The van der Waals surface area contributed by atoms with E-state index in [0.717, 1.165) is 31.6 Å². The van der Waals surface area contributed by atoms with Gasteiger partial charge in [-0.25, -0.2) is 12.8 Å². The summed E-state index contributed by atoms with van der Waals surface area (Å²) in [5.41, 5.74) is 1.21. The molecule has 0 bridgehead atoms. The number of sulfonamides is 1. The Balaban J connectivity index is 1.36. The number of piperidine rings is 1. The maximum Gasteiger partial charge on any atom is 0.243 e. The Hall–Kier alpha value is -2.65.